The zero-order valence-electron chi connectivity index (χ0n) is 5.61. The summed E-state index contributed by atoms with van der Waals surface area (Å²) in [6.07, 6.45) is 0.793. The first-order chi connectivity index (χ1) is 4.93. The Hall–Kier alpha value is 0.517. The lowest BCUT2D eigenvalue weighted by Gasteiger charge is -2.36. The molecule has 1 heterocycles. The number of primary amides is 1. The Balaban J connectivity index is 2.57. The van der Waals surface area contributed by atoms with Crippen LogP contribution < -0.4 is 10.6 Å². The number of carbonyl (C=O) groups is 1. The molecule has 0 spiro atoms. The molecule has 2 unspecified atom stereocenters. The van der Waals surface area contributed by atoms with Gasteiger partial charge in [-0.1, -0.05) is 0 Å². The third-order valence-corrected chi connectivity index (χ3v) is 5.63. The van der Waals surface area contributed by atoms with Crippen molar-refractivity contribution in [2.75, 3.05) is 6.54 Å². The third kappa shape index (κ3) is 2.00. The molecule has 2 amide bonds. The molecule has 11 heavy (non-hydrogen) atoms. The lowest BCUT2D eigenvalue weighted by Crippen LogP contribution is -3.26. The summed E-state index contributed by atoms with van der Waals surface area (Å²) in [6, 6.07) is -3.14. The fourth-order valence-electron chi connectivity index (χ4n) is 1.09. The van der Waals surface area contributed by atoms with Gasteiger partial charge in [-0.2, -0.15) is 0 Å². The largest absolute Gasteiger partial charge is 0.412 e. The van der Waals surface area contributed by atoms with Gasteiger partial charge in [0, 0.05) is 0 Å². The van der Waals surface area contributed by atoms with E-state index >= 15 is 0 Å². The van der Waals surface area contributed by atoms with E-state index in [-0.39, 0.29) is 5.67 Å². The van der Waals surface area contributed by atoms with Gasteiger partial charge in [-0.25, -0.2) is 9.69 Å². The highest BCUT2D eigenvalue weighted by molar-refractivity contribution is 7.65. The molecule has 0 radical (unpaired) electrons. The van der Waals surface area contributed by atoms with Gasteiger partial charge < -0.3 is 5.73 Å². The maximum atomic E-state index is 10.7. The zero-order valence-corrected chi connectivity index (χ0v) is 8.88. The zero-order chi connectivity index (χ0) is 8.65. The Morgan fingerprint density at radius 2 is 2.09 bits per heavy atom. The Labute approximate surface area is 79.5 Å². The second-order valence-corrected chi connectivity index (χ2v) is 11.4. The van der Waals surface area contributed by atoms with E-state index in [1.165, 1.54) is 0 Å². The van der Waals surface area contributed by atoms with E-state index in [1.807, 2.05) is 0 Å². The first-order valence-electron chi connectivity index (χ1n) is 3.15. The van der Waals surface area contributed by atoms with Crippen molar-refractivity contribution in [2.24, 2.45) is 5.73 Å². The normalized spacial score (nSPS) is 31.2. The van der Waals surface area contributed by atoms with Crippen LogP contribution in [0.2, 0.25) is 0 Å². The van der Waals surface area contributed by atoms with Crippen molar-refractivity contribution in [1.29, 1.82) is 0 Å². The number of amides is 2. The third-order valence-electron chi connectivity index (χ3n) is 1.83. The molecular weight excluding hydrogens is 227 g/mol. The van der Waals surface area contributed by atoms with Crippen LogP contribution in [-0.4, -0.2) is 24.2 Å². The van der Waals surface area contributed by atoms with Crippen molar-refractivity contribution < 1.29 is 9.69 Å². The highest BCUT2D eigenvalue weighted by atomic mass is 35.8. The van der Waals surface area contributed by atoms with E-state index in [0.29, 0.717) is 11.4 Å². The van der Waals surface area contributed by atoms with Crippen molar-refractivity contribution in [3.05, 3.63) is 0 Å². The van der Waals surface area contributed by atoms with Gasteiger partial charge in [0.15, 0.2) is 0 Å². The van der Waals surface area contributed by atoms with Crippen LogP contribution in [0.3, 0.4) is 0 Å². The maximum Gasteiger partial charge on any atom is 0.412 e. The molecule has 2 atom stereocenters. The molecule has 0 saturated carbocycles. The van der Waals surface area contributed by atoms with Crippen LogP contribution in [0, 0.1) is 0 Å². The molecule has 0 aliphatic carbocycles. The van der Waals surface area contributed by atoms with E-state index in [1.54, 1.807) is 0 Å². The van der Waals surface area contributed by atoms with E-state index < -0.39 is 12.0 Å². The van der Waals surface area contributed by atoms with E-state index in [2.05, 4.69) is 0 Å². The first kappa shape index (κ1) is 9.60. The van der Waals surface area contributed by atoms with Crippen molar-refractivity contribution in [3.63, 3.8) is 0 Å². The highest BCUT2D eigenvalue weighted by Crippen LogP contribution is 2.26. The van der Waals surface area contributed by atoms with Gasteiger partial charge in [0.25, 0.3) is 0 Å². The average molecular weight is 235 g/mol. The number of likely N-dealkylation sites (tertiary alicyclic amines) is 1. The summed E-state index contributed by atoms with van der Waals surface area (Å²) in [4.78, 5) is 11.3. The molecule has 3 N–H and O–H groups in total. The predicted molar refractivity (Wildman–Crippen MR) is 47.1 cm³/mol. The lowest BCUT2D eigenvalue weighted by atomic mass is 10.2. The number of hydrogen-bond donors (Lipinski definition) is 2. The standard InChI is InChI=1S/C4H7Cl3N2OSi/c5-11(6,7)3-1-2-9(3)4(8)10/h3H,1-2H2,(H2,8,10)/p+1. The summed E-state index contributed by atoms with van der Waals surface area (Å²) in [5, 5.41) is 0. The highest BCUT2D eigenvalue weighted by Gasteiger charge is 2.52. The van der Waals surface area contributed by atoms with Gasteiger partial charge in [-0.15, -0.1) is 33.2 Å². The monoisotopic (exact) mass is 233 g/mol. The van der Waals surface area contributed by atoms with Crippen LogP contribution in [0.5, 0.6) is 0 Å². The average Bonchev–Trinajstić information content (AvgIpc) is 1.51. The lowest BCUT2D eigenvalue weighted by molar-refractivity contribution is -0.873. The Bertz CT molecular complexity index is 183. The number of nitrogens with one attached hydrogen (secondary N) is 1. The molecule has 7 heteroatoms. The van der Waals surface area contributed by atoms with Gasteiger partial charge in [-0.05, 0) is 0 Å². The summed E-state index contributed by atoms with van der Waals surface area (Å²) in [5.74, 6) is 0. The molecule has 0 bridgehead atoms. The summed E-state index contributed by atoms with van der Waals surface area (Å²) >= 11 is 17.1. The quantitative estimate of drug-likeness (QED) is 0.484. The van der Waals surface area contributed by atoms with E-state index in [0.717, 1.165) is 6.42 Å². The minimum absolute atomic E-state index is 0.134. The number of hydrogen-bond acceptors (Lipinski definition) is 1. The maximum absolute atomic E-state index is 10.7. The summed E-state index contributed by atoms with van der Waals surface area (Å²) in [5.41, 5.74) is 4.92. The molecule has 1 saturated heterocycles. The van der Waals surface area contributed by atoms with Crippen LogP contribution >= 0.6 is 33.2 Å². The number of urea groups is 1. The SMILES string of the molecule is NC(=O)[NH+]1CCC1[Si](Cl)(Cl)Cl. The number of nitrogens with two attached hydrogens (primary N) is 1. The Morgan fingerprint density at radius 1 is 1.55 bits per heavy atom. The fraction of sp³-hybridized carbons (Fsp3) is 0.750. The topological polar surface area (TPSA) is 47.5 Å². The molecular formula is C4H8Cl3N2OSi+. The van der Waals surface area contributed by atoms with Crippen LogP contribution in [0.1, 0.15) is 6.42 Å². The van der Waals surface area contributed by atoms with E-state index in [9.17, 15) is 4.79 Å². The second kappa shape index (κ2) is 3.10. The molecule has 64 valence electrons. The van der Waals surface area contributed by atoms with Gasteiger partial charge in [0.2, 0.25) is 0 Å². The molecule has 0 aromatic carbocycles. The van der Waals surface area contributed by atoms with E-state index in [4.69, 9.17) is 39.0 Å². The summed E-state index contributed by atoms with van der Waals surface area (Å²) in [6.45, 7) is 0.695. The molecule has 1 aliphatic heterocycles. The first-order valence-corrected chi connectivity index (χ1v) is 8.26. The molecule has 1 fully saturated rings. The molecule has 0 aromatic rings. The minimum Gasteiger partial charge on any atom is -0.319 e. The van der Waals surface area contributed by atoms with Gasteiger partial charge in [0.1, 0.15) is 5.67 Å². The van der Waals surface area contributed by atoms with Crippen molar-refractivity contribution in [1.82, 2.24) is 0 Å². The number of quaternary nitrogens is 1. The predicted octanol–water partition coefficient (Wildman–Crippen LogP) is -0.0832. The van der Waals surface area contributed by atoms with Gasteiger partial charge >= 0.3 is 12.0 Å². The van der Waals surface area contributed by atoms with Crippen LogP contribution in [0.25, 0.3) is 0 Å². The van der Waals surface area contributed by atoms with Crippen molar-refractivity contribution in [2.45, 2.75) is 12.1 Å². The summed E-state index contributed by atoms with van der Waals surface area (Å²) < 4.78 is 0. The van der Waals surface area contributed by atoms with Crippen LogP contribution in [0.4, 0.5) is 4.79 Å². The number of rotatable bonds is 1. The molecule has 1 rings (SSSR count). The minimum atomic E-state index is -2.72. The molecule has 1 aliphatic rings. The Morgan fingerprint density at radius 3 is 2.18 bits per heavy atom. The van der Waals surface area contributed by atoms with Crippen LogP contribution in [0.15, 0.2) is 0 Å². The number of halogens is 3. The Kier molecular flexibility index (Phi) is 2.71. The second-order valence-electron chi connectivity index (χ2n) is 2.52. The fourth-order valence-corrected chi connectivity index (χ4v) is 4.41. The van der Waals surface area contributed by atoms with Crippen molar-refractivity contribution >= 4 is 45.3 Å². The van der Waals surface area contributed by atoms with Crippen molar-refractivity contribution in [3.8, 4) is 0 Å². The smallest absolute Gasteiger partial charge is 0.319 e. The van der Waals surface area contributed by atoms with Gasteiger partial charge in [-0.3, -0.25) is 0 Å². The molecule has 0 aromatic heterocycles. The van der Waals surface area contributed by atoms with Crippen LogP contribution in [-0.2, 0) is 0 Å². The molecule has 3 nitrogen and oxygen atoms in total. The number of carbonyl (C=O) groups excluding carboxylic acids is 1. The van der Waals surface area contributed by atoms with Gasteiger partial charge in [0.05, 0.1) is 13.0 Å². The summed E-state index contributed by atoms with van der Waals surface area (Å²) in [7, 11) is 0.